The monoisotopic (exact) mass is 158 g/mol. The second kappa shape index (κ2) is 2.89. The van der Waals surface area contributed by atoms with Crippen molar-refractivity contribution in [3.8, 4) is 0 Å². The molecule has 0 aliphatic rings. The summed E-state index contributed by atoms with van der Waals surface area (Å²) in [5.74, 6) is 10.9. The number of aliphatic imine (C=N–C) groups is 1. The van der Waals surface area contributed by atoms with E-state index >= 15 is 0 Å². The molecular formula is C7H18N4. The fourth-order valence-corrected chi connectivity index (χ4v) is 0.509. The maximum absolute atomic E-state index is 5.46. The SMILES string of the molecule is C=NC(C)(C)C(C)(C)N(N)N. The van der Waals surface area contributed by atoms with Gasteiger partial charge in [-0.1, -0.05) is 0 Å². The van der Waals surface area contributed by atoms with E-state index in [2.05, 4.69) is 11.7 Å². The Kier molecular flexibility index (Phi) is 2.77. The van der Waals surface area contributed by atoms with Gasteiger partial charge in [0.1, 0.15) is 0 Å². The molecule has 11 heavy (non-hydrogen) atoms. The van der Waals surface area contributed by atoms with Crippen molar-refractivity contribution >= 4 is 6.72 Å². The van der Waals surface area contributed by atoms with Gasteiger partial charge in [-0.3, -0.25) is 16.7 Å². The van der Waals surface area contributed by atoms with E-state index in [1.54, 1.807) is 0 Å². The third-order valence-corrected chi connectivity index (χ3v) is 2.54. The summed E-state index contributed by atoms with van der Waals surface area (Å²) in [6.45, 7) is 11.2. The van der Waals surface area contributed by atoms with Crippen LogP contribution in [0.1, 0.15) is 27.7 Å². The Bertz CT molecular complexity index is 149. The van der Waals surface area contributed by atoms with E-state index in [9.17, 15) is 0 Å². The van der Waals surface area contributed by atoms with Gasteiger partial charge in [-0.05, 0) is 34.4 Å². The fraction of sp³-hybridized carbons (Fsp3) is 0.857. The Morgan fingerprint density at radius 1 is 1.18 bits per heavy atom. The lowest BCUT2D eigenvalue weighted by molar-refractivity contribution is 0.0601. The lowest BCUT2D eigenvalue weighted by atomic mass is 9.83. The highest BCUT2D eigenvalue weighted by atomic mass is 15.6. The van der Waals surface area contributed by atoms with Crippen molar-refractivity contribution in [2.75, 3.05) is 0 Å². The Morgan fingerprint density at radius 3 is 1.64 bits per heavy atom. The topological polar surface area (TPSA) is 67.6 Å². The molecule has 4 heteroatoms. The van der Waals surface area contributed by atoms with Crippen molar-refractivity contribution in [2.24, 2.45) is 16.7 Å². The van der Waals surface area contributed by atoms with Crippen LogP contribution in [0.15, 0.2) is 4.99 Å². The standard InChI is InChI=1S/C7H18N4/c1-6(2,10-5)7(3,4)11(8)9/h5,8-9H2,1-4H3. The molecule has 0 heterocycles. The van der Waals surface area contributed by atoms with Gasteiger partial charge in [0.05, 0.1) is 11.1 Å². The third-order valence-electron chi connectivity index (χ3n) is 2.54. The molecule has 0 rings (SSSR count). The van der Waals surface area contributed by atoms with E-state index in [4.69, 9.17) is 11.7 Å². The highest BCUT2D eigenvalue weighted by Gasteiger charge is 2.39. The molecular weight excluding hydrogens is 140 g/mol. The summed E-state index contributed by atoms with van der Waals surface area (Å²) in [6.07, 6.45) is 0. The van der Waals surface area contributed by atoms with Gasteiger partial charge in [0.15, 0.2) is 0 Å². The highest BCUT2D eigenvalue weighted by molar-refractivity contribution is 5.27. The molecule has 0 aliphatic heterocycles. The average Bonchev–Trinajstić information content (AvgIpc) is 1.87. The van der Waals surface area contributed by atoms with Crippen molar-refractivity contribution in [3.63, 3.8) is 0 Å². The normalized spacial score (nSPS) is 13.7. The Labute approximate surface area is 68.2 Å². The Morgan fingerprint density at radius 2 is 1.55 bits per heavy atom. The quantitative estimate of drug-likeness (QED) is 0.352. The molecule has 0 saturated heterocycles. The molecule has 0 saturated carbocycles. The summed E-state index contributed by atoms with van der Waals surface area (Å²) in [6, 6.07) is 0. The predicted octanol–water partition coefficient (Wildman–Crippen LogP) is 0.294. The van der Waals surface area contributed by atoms with Crippen molar-refractivity contribution < 1.29 is 0 Å². The summed E-state index contributed by atoms with van der Waals surface area (Å²) in [7, 11) is 0. The number of nitrogens with two attached hydrogens (primary N) is 2. The van der Waals surface area contributed by atoms with Gasteiger partial charge in [0.2, 0.25) is 0 Å². The van der Waals surface area contributed by atoms with E-state index < -0.39 is 5.54 Å². The van der Waals surface area contributed by atoms with Crippen LogP contribution in [-0.4, -0.2) is 22.9 Å². The summed E-state index contributed by atoms with van der Waals surface area (Å²) < 4.78 is 0. The summed E-state index contributed by atoms with van der Waals surface area (Å²) >= 11 is 0. The third kappa shape index (κ3) is 1.77. The fourth-order valence-electron chi connectivity index (χ4n) is 0.509. The first-order valence-electron chi connectivity index (χ1n) is 3.53. The van der Waals surface area contributed by atoms with Crippen LogP contribution in [-0.2, 0) is 0 Å². The predicted molar refractivity (Wildman–Crippen MR) is 47.9 cm³/mol. The number of hydrogen-bond acceptors (Lipinski definition) is 4. The van der Waals surface area contributed by atoms with Gasteiger partial charge < -0.3 is 0 Å². The van der Waals surface area contributed by atoms with E-state index in [1.807, 2.05) is 27.7 Å². The van der Waals surface area contributed by atoms with Gasteiger partial charge in [-0.25, -0.2) is 0 Å². The van der Waals surface area contributed by atoms with E-state index in [0.29, 0.717) is 0 Å². The smallest absolute Gasteiger partial charge is 0.0750 e. The van der Waals surface area contributed by atoms with Gasteiger partial charge in [-0.2, -0.15) is 5.12 Å². The van der Waals surface area contributed by atoms with Crippen LogP contribution in [0.3, 0.4) is 0 Å². The summed E-state index contributed by atoms with van der Waals surface area (Å²) in [4.78, 5) is 3.96. The molecule has 0 fully saturated rings. The molecule has 0 radical (unpaired) electrons. The number of rotatable bonds is 3. The maximum Gasteiger partial charge on any atom is 0.0750 e. The van der Waals surface area contributed by atoms with E-state index in [0.717, 1.165) is 0 Å². The molecule has 4 nitrogen and oxygen atoms in total. The van der Waals surface area contributed by atoms with Crippen LogP contribution in [0.5, 0.6) is 0 Å². The number of hydrogen-bond donors (Lipinski definition) is 2. The zero-order valence-corrected chi connectivity index (χ0v) is 7.76. The van der Waals surface area contributed by atoms with Crippen LogP contribution in [0.2, 0.25) is 0 Å². The molecule has 0 spiro atoms. The van der Waals surface area contributed by atoms with Gasteiger partial charge >= 0.3 is 0 Å². The molecule has 4 N–H and O–H groups in total. The van der Waals surface area contributed by atoms with Crippen LogP contribution >= 0.6 is 0 Å². The lowest BCUT2D eigenvalue weighted by Gasteiger charge is -2.42. The second-order valence-electron chi connectivity index (χ2n) is 3.68. The van der Waals surface area contributed by atoms with E-state index in [-0.39, 0.29) is 5.54 Å². The minimum absolute atomic E-state index is 0.351. The zero-order valence-electron chi connectivity index (χ0n) is 7.76. The van der Waals surface area contributed by atoms with Crippen molar-refractivity contribution in [1.82, 2.24) is 5.12 Å². The van der Waals surface area contributed by atoms with Crippen molar-refractivity contribution in [2.45, 2.75) is 38.8 Å². The number of hydrazine groups is 2. The van der Waals surface area contributed by atoms with Gasteiger partial charge in [-0.15, -0.1) is 0 Å². The van der Waals surface area contributed by atoms with E-state index in [1.165, 1.54) is 5.12 Å². The maximum atomic E-state index is 5.46. The van der Waals surface area contributed by atoms with Crippen LogP contribution < -0.4 is 11.7 Å². The second-order valence-corrected chi connectivity index (χ2v) is 3.68. The minimum atomic E-state index is -0.394. The molecule has 0 bridgehead atoms. The van der Waals surface area contributed by atoms with Crippen LogP contribution in [0, 0.1) is 0 Å². The highest BCUT2D eigenvalue weighted by Crippen LogP contribution is 2.27. The van der Waals surface area contributed by atoms with Gasteiger partial charge in [0.25, 0.3) is 0 Å². The Balaban J connectivity index is 4.66. The van der Waals surface area contributed by atoms with Crippen molar-refractivity contribution in [3.05, 3.63) is 0 Å². The van der Waals surface area contributed by atoms with Crippen LogP contribution in [0.4, 0.5) is 0 Å². The molecule has 0 aromatic rings. The molecule has 66 valence electrons. The lowest BCUT2D eigenvalue weighted by Crippen LogP contribution is -2.63. The largest absolute Gasteiger partial charge is 0.293 e. The first-order chi connectivity index (χ1) is 4.75. The molecule has 0 amide bonds. The molecule has 0 atom stereocenters. The molecule has 0 aliphatic carbocycles. The average molecular weight is 158 g/mol. The van der Waals surface area contributed by atoms with Crippen molar-refractivity contribution in [1.29, 1.82) is 0 Å². The summed E-state index contributed by atoms with van der Waals surface area (Å²) in [5, 5.41) is 1.17. The van der Waals surface area contributed by atoms with Gasteiger partial charge in [0, 0.05) is 0 Å². The first kappa shape index (κ1) is 10.6. The minimum Gasteiger partial charge on any atom is -0.293 e. The molecule has 0 unspecified atom stereocenters. The van der Waals surface area contributed by atoms with Crippen LogP contribution in [0.25, 0.3) is 0 Å². The number of nitrogens with zero attached hydrogens (tertiary/aromatic N) is 2. The molecule has 0 aromatic carbocycles. The molecule has 0 aromatic heterocycles. The summed E-state index contributed by atoms with van der Waals surface area (Å²) in [5.41, 5.74) is -0.745. The Hall–Kier alpha value is -0.450. The zero-order chi connectivity index (χ0) is 9.28. The first-order valence-corrected chi connectivity index (χ1v) is 3.53.